The second-order valence-corrected chi connectivity index (χ2v) is 8.64. The summed E-state index contributed by atoms with van der Waals surface area (Å²) in [7, 11) is 0. The Morgan fingerprint density at radius 2 is 1.52 bits per heavy atom. The normalized spacial score (nSPS) is 19.6. The van der Waals surface area contributed by atoms with Crippen LogP contribution >= 0.6 is 0 Å². The van der Waals surface area contributed by atoms with Gasteiger partial charge in [-0.2, -0.15) is 13.2 Å². The van der Waals surface area contributed by atoms with Crippen molar-refractivity contribution in [3.8, 4) is 0 Å². The van der Waals surface area contributed by atoms with Crippen molar-refractivity contribution in [1.82, 2.24) is 0 Å². The average molecular weight is 442 g/mol. The maximum atomic E-state index is 14.7. The molecule has 0 unspecified atom stereocenters. The summed E-state index contributed by atoms with van der Waals surface area (Å²) in [6.07, 6.45) is 3.05. The molecule has 3 rings (SSSR count). The molecule has 2 aromatic carbocycles. The van der Waals surface area contributed by atoms with Crippen LogP contribution in [0.5, 0.6) is 0 Å². The SMILES string of the molecule is CCCCC1CCC(c2ccc(CCc3cc(C(F)(F)F)cc(F)c3F)c(F)c2)CC1. The summed E-state index contributed by atoms with van der Waals surface area (Å²) >= 11 is 0. The van der Waals surface area contributed by atoms with E-state index in [4.69, 9.17) is 0 Å². The molecule has 170 valence electrons. The van der Waals surface area contributed by atoms with Crippen molar-refractivity contribution in [3.63, 3.8) is 0 Å². The summed E-state index contributed by atoms with van der Waals surface area (Å²) < 4.78 is 80.8. The zero-order valence-corrected chi connectivity index (χ0v) is 17.7. The Labute approximate surface area is 179 Å². The fraction of sp³-hybridized carbons (Fsp3) is 0.520. The minimum Gasteiger partial charge on any atom is -0.207 e. The molecule has 0 radical (unpaired) electrons. The molecule has 0 N–H and O–H groups in total. The van der Waals surface area contributed by atoms with E-state index in [-0.39, 0.29) is 24.5 Å². The predicted molar refractivity (Wildman–Crippen MR) is 109 cm³/mol. The van der Waals surface area contributed by atoms with Crippen LogP contribution in [0.1, 0.15) is 80.0 Å². The summed E-state index contributed by atoms with van der Waals surface area (Å²) in [5.74, 6) is -2.24. The molecule has 0 aliphatic heterocycles. The maximum Gasteiger partial charge on any atom is 0.416 e. The van der Waals surface area contributed by atoms with Crippen LogP contribution in [-0.4, -0.2) is 0 Å². The quantitative estimate of drug-likeness (QED) is 0.378. The van der Waals surface area contributed by atoms with Crippen LogP contribution in [0, 0.1) is 23.4 Å². The summed E-state index contributed by atoms with van der Waals surface area (Å²) in [6.45, 7) is 2.19. The van der Waals surface area contributed by atoms with Crippen LogP contribution in [0.15, 0.2) is 30.3 Å². The highest BCUT2D eigenvalue weighted by Crippen LogP contribution is 2.38. The number of hydrogen-bond acceptors (Lipinski definition) is 0. The Morgan fingerprint density at radius 1 is 0.839 bits per heavy atom. The molecule has 0 atom stereocenters. The van der Waals surface area contributed by atoms with Gasteiger partial charge in [0, 0.05) is 0 Å². The third kappa shape index (κ3) is 6.05. The summed E-state index contributed by atoms with van der Waals surface area (Å²) in [5.41, 5.74) is -0.419. The fourth-order valence-corrected chi connectivity index (χ4v) is 4.56. The summed E-state index contributed by atoms with van der Waals surface area (Å²) in [6, 6.07) is 5.72. The van der Waals surface area contributed by atoms with E-state index in [0.717, 1.165) is 37.2 Å². The molecule has 0 amide bonds. The van der Waals surface area contributed by atoms with Crippen LogP contribution in [0.2, 0.25) is 0 Å². The smallest absolute Gasteiger partial charge is 0.207 e. The number of unbranched alkanes of at least 4 members (excludes halogenated alkanes) is 1. The van der Waals surface area contributed by atoms with Crippen molar-refractivity contribution >= 4 is 0 Å². The molecule has 0 nitrogen and oxygen atoms in total. The van der Waals surface area contributed by atoms with E-state index < -0.39 is 34.8 Å². The van der Waals surface area contributed by atoms with Crippen molar-refractivity contribution in [2.45, 2.75) is 76.8 Å². The molecule has 0 saturated heterocycles. The lowest BCUT2D eigenvalue weighted by atomic mass is 9.77. The van der Waals surface area contributed by atoms with Gasteiger partial charge in [0.05, 0.1) is 5.56 Å². The third-order valence-electron chi connectivity index (χ3n) is 6.46. The van der Waals surface area contributed by atoms with Gasteiger partial charge < -0.3 is 0 Å². The Hall–Kier alpha value is -1.98. The number of halogens is 6. The predicted octanol–water partition coefficient (Wildman–Crippen LogP) is 8.37. The van der Waals surface area contributed by atoms with E-state index in [1.807, 2.05) is 6.07 Å². The van der Waals surface area contributed by atoms with Crippen LogP contribution in [0.3, 0.4) is 0 Å². The molecule has 0 heterocycles. The Balaban J connectivity index is 1.65. The van der Waals surface area contributed by atoms with E-state index in [1.165, 1.54) is 25.3 Å². The van der Waals surface area contributed by atoms with Crippen molar-refractivity contribution in [2.24, 2.45) is 5.92 Å². The van der Waals surface area contributed by atoms with Gasteiger partial charge in [-0.1, -0.05) is 38.3 Å². The van der Waals surface area contributed by atoms with Crippen LogP contribution in [0.25, 0.3) is 0 Å². The van der Waals surface area contributed by atoms with Gasteiger partial charge >= 0.3 is 6.18 Å². The lowest BCUT2D eigenvalue weighted by Crippen LogP contribution is -2.13. The summed E-state index contributed by atoms with van der Waals surface area (Å²) in [4.78, 5) is 0. The molecule has 1 saturated carbocycles. The molecule has 1 aliphatic carbocycles. The lowest BCUT2D eigenvalue weighted by Gasteiger charge is -2.29. The maximum absolute atomic E-state index is 14.7. The first-order valence-corrected chi connectivity index (χ1v) is 11.0. The van der Waals surface area contributed by atoms with Crippen LogP contribution < -0.4 is 0 Å². The molecule has 31 heavy (non-hydrogen) atoms. The van der Waals surface area contributed by atoms with E-state index in [0.29, 0.717) is 12.0 Å². The molecule has 1 fully saturated rings. The zero-order valence-electron chi connectivity index (χ0n) is 17.7. The van der Waals surface area contributed by atoms with Gasteiger partial charge in [0.15, 0.2) is 11.6 Å². The molecular weight excluding hydrogens is 414 g/mol. The highest BCUT2D eigenvalue weighted by molar-refractivity contribution is 5.31. The van der Waals surface area contributed by atoms with Crippen molar-refractivity contribution in [2.75, 3.05) is 0 Å². The first-order valence-electron chi connectivity index (χ1n) is 11.0. The summed E-state index contributed by atoms with van der Waals surface area (Å²) in [5, 5.41) is 0. The number of alkyl halides is 3. The second kappa shape index (κ2) is 10.1. The van der Waals surface area contributed by atoms with E-state index in [9.17, 15) is 26.3 Å². The highest BCUT2D eigenvalue weighted by Gasteiger charge is 2.32. The van der Waals surface area contributed by atoms with Gasteiger partial charge in [0.2, 0.25) is 0 Å². The molecule has 1 aliphatic rings. The van der Waals surface area contributed by atoms with Crippen LogP contribution in [0.4, 0.5) is 26.3 Å². The van der Waals surface area contributed by atoms with Crippen molar-refractivity contribution < 1.29 is 26.3 Å². The third-order valence-corrected chi connectivity index (χ3v) is 6.46. The standard InChI is InChI=1S/C25H28F6/c1-2-3-4-16-5-7-17(8-6-16)19-11-9-18(22(26)14-19)10-12-20-13-21(25(29,30)31)15-23(27)24(20)28/h9,11,13-17H,2-8,10,12H2,1H3. The molecule has 0 aromatic heterocycles. The molecule has 0 bridgehead atoms. The minimum absolute atomic E-state index is 0.00641. The van der Waals surface area contributed by atoms with Crippen LogP contribution in [-0.2, 0) is 19.0 Å². The average Bonchev–Trinajstić information content (AvgIpc) is 2.73. The topological polar surface area (TPSA) is 0 Å². The minimum atomic E-state index is -4.77. The Kier molecular flexibility index (Phi) is 7.71. The largest absolute Gasteiger partial charge is 0.416 e. The highest BCUT2D eigenvalue weighted by atomic mass is 19.4. The van der Waals surface area contributed by atoms with Gasteiger partial charge in [-0.25, -0.2) is 13.2 Å². The molecular formula is C25H28F6. The second-order valence-electron chi connectivity index (χ2n) is 8.64. The molecule has 2 aromatic rings. The van der Waals surface area contributed by atoms with Crippen molar-refractivity contribution in [1.29, 1.82) is 0 Å². The van der Waals surface area contributed by atoms with Gasteiger partial charge in [0.1, 0.15) is 5.82 Å². The van der Waals surface area contributed by atoms with Gasteiger partial charge in [-0.05, 0) is 85.3 Å². The molecule has 6 heteroatoms. The zero-order chi connectivity index (χ0) is 22.6. The Bertz CT molecular complexity index is 878. The van der Waals surface area contributed by atoms with Gasteiger partial charge in [-0.3, -0.25) is 0 Å². The Morgan fingerprint density at radius 3 is 2.13 bits per heavy atom. The van der Waals surface area contributed by atoms with E-state index in [1.54, 1.807) is 6.07 Å². The molecule has 0 spiro atoms. The first-order chi connectivity index (χ1) is 14.7. The number of benzene rings is 2. The number of aryl methyl sites for hydroxylation is 2. The monoisotopic (exact) mass is 442 g/mol. The fourth-order valence-electron chi connectivity index (χ4n) is 4.56. The number of hydrogen-bond donors (Lipinski definition) is 0. The van der Waals surface area contributed by atoms with Gasteiger partial charge in [-0.15, -0.1) is 0 Å². The first kappa shape index (κ1) is 23.7. The van der Waals surface area contributed by atoms with E-state index in [2.05, 4.69) is 6.92 Å². The van der Waals surface area contributed by atoms with Crippen molar-refractivity contribution in [3.05, 3.63) is 70.0 Å². The number of rotatable bonds is 7. The lowest BCUT2D eigenvalue weighted by molar-refractivity contribution is -0.137. The van der Waals surface area contributed by atoms with Gasteiger partial charge in [0.25, 0.3) is 0 Å². The van der Waals surface area contributed by atoms with E-state index >= 15 is 0 Å².